The third-order valence-electron chi connectivity index (χ3n) is 4.54. The maximum absolute atomic E-state index is 12.5. The van der Waals surface area contributed by atoms with E-state index in [0.29, 0.717) is 15.1 Å². The summed E-state index contributed by atoms with van der Waals surface area (Å²) in [7, 11) is 1.65. The molecule has 28 heavy (non-hydrogen) atoms. The number of carbonyl (C=O) groups is 1. The van der Waals surface area contributed by atoms with E-state index in [9.17, 15) is 4.79 Å². The van der Waals surface area contributed by atoms with Gasteiger partial charge in [-0.25, -0.2) is 4.99 Å². The van der Waals surface area contributed by atoms with Crippen molar-refractivity contribution in [2.45, 2.75) is 6.92 Å². The molecule has 1 N–H and O–H groups in total. The highest BCUT2D eigenvalue weighted by molar-refractivity contribution is 8.18. The predicted octanol–water partition coefficient (Wildman–Crippen LogP) is 5.70. The van der Waals surface area contributed by atoms with Gasteiger partial charge in [0.2, 0.25) is 0 Å². The third kappa shape index (κ3) is 3.51. The Balaban J connectivity index is 1.70. The van der Waals surface area contributed by atoms with Crippen LogP contribution in [-0.4, -0.2) is 18.2 Å². The molecule has 0 atom stereocenters. The number of amides is 1. The summed E-state index contributed by atoms with van der Waals surface area (Å²) in [6, 6.07) is 17.4. The zero-order valence-electron chi connectivity index (χ0n) is 15.3. The van der Waals surface area contributed by atoms with Gasteiger partial charge in [-0.3, -0.25) is 4.79 Å². The first kappa shape index (κ1) is 18.6. The lowest BCUT2D eigenvalue weighted by atomic mass is 10.0. The maximum Gasteiger partial charge on any atom is 0.264 e. The van der Waals surface area contributed by atoms with Crippen LogP contribution in [0.15, 0.2) is 64.5 Å². The summed E-state index contributed by atoms with van der Waals surface area (Å²) in [5.74, 6) is 0.642. The quantitative estimate of drug-likeness (QED) is 0.565. The molecule has 4 nitrogen and oxygen atoms in total. The molecule has 1 aliphatic rings. The van der Waals surface area contributed by atoms with Gasteiger partial charge in [0.15, 0.2) is 5.17 Å². The monoisotopic (exact) mass is 408 g/mol. The number of aliphatic imine (C=N–C) groups is 1. The van der Waals surface area contributed by atoms with Gasteiger partial charge in [-0.15, -0.1) is 0 Å². The standard InChI is InChI=1S/C22H17ClN2O2S/c1-13-17(23)8-5-9-18(13)24-22-25-21(26)20(28-22)12-14-10-11-19(27-2)16-7-4-3-6-15(14)16/h3-12H,1-2H3,(H,24,25,26)/b20-12-. The van der Waals surface area contributed by atoms with Crippen molar-refractivity contribution in [3.05, 3.63) is 75.7 Å². The van der Waals surface area contributed by atoms with Crippen molar-refractivity contribution in [3.8, 4) is 5.75 Å². The maximum atomic E-state index is 12.5. The van der Waals surface area contributed by atoms with Gasteiger partial charge < -0.3 is 10.1 Å². The normalized spacial score (nSPS) is 16.8. The largest absolute Gasteiger partial charge is 0.496 e. The Kier molecular flexibility index (Phi) is 5.11. The summed E-state index contributed by atoms with van der Waals surface area (Å²) in [6.07, 6.45) is 1.88. The van der Waals surface area contributed by atoms with Crippen molar-refractivity contribution in [2.75, 3.05) is 7.11 Å². The first-order chi connectivity index (χ1) is 13.6. The van der Waals surface area contributed by atoms with Crippen LogP contribution in [0.5, 0.6) is 5.75 Å². The smallest absolute Gasteiger partial charge is 0.264 e. The van der Waals surface area contributed by atoms with Crippen molar-refractivity contribution in [3.63, 3.8) is 0 Å². The molecule has 3 aromatic carbocycles. The first-order valence-electron chi connectivity index (χ1n) is 8.67. The van der Waals surface area contributed by atoms with Crippen molar-refractivity contribution in [2.24, 2.45) is 4.99 Å². The number of hydrogen-bond donors (Lipinski definition) is 1. The Morgan fingerprint density at radius 3 is 2.64 bits per heavy atom. The highest BCUT2D eigenvalue weighted by Gasteiger charge is 2.24. The first-order valence-corrected chi connectivity index (χ1v) is 9.86. The number of methoxy groups -OCH3 is 1. The van der Waals surface area contributed by atoms with E-state index in [4.69, 9.17) is 16.3 Å². The molecule has 1 fully saturated rings. The second-order valence-electron chi connectivity index (χ2n) is 6.27. The lowest BCUT2D eigenvalue weighted by molar-refractivity contribution is -0.115. The van der Waals surface area contributed by atoms with Crippen LogP contribution in [0.4, 0.5) is 5.69 Å². The summed E-state index contributed by atoms with van der Waals surface area (Å²) >= 11 is 7.48. The topological polar surface area (TPSA) is 50.7 Å². The highest BCUT2D eigenvalue weighted by atomic mass is 35.5. The lowest BCUT2D eigenvalue weighted by Gasteiger charge is -2.08. The molecule has 4 rings (SSSR count). The molecule has 0 spiro atoms. The van der Waals surface area contributed by atoms with E-state index in [1.807, 2.05) is 67.6 Å². The van der Waals surface area contributed by atoms with E-state index in [1.165, 1.54) is 11.8 Å². The average Bonchev–Trinajstić information content (AvgIpc) is 3.04. The fourth-order valence-electron chi connectivity index (χ4n) is 3.05. The van der Waals surface area contributed by atoms with Gasteiger partial charge in [0.25, 0.3) is 5.91 Å². The fraction of sp³-hybridized carbons (Fsp3) is 0.0909. The van der Waals surface area contributed by atoms with Crippen molar-refractivity contribution < 1.29 is 9.53 Å². The van der Waals surface area contributed by atoms with Crippen LogP contribution in [0.2, 0.25) is 5.02 Å². The fourth-order valence-corrected chi connectivity index (χ4v) is 4.04. The molecule has 0 unspecified atom stereocenters. The molecular weight excluding hydrogens is 392 g/mol. The summed E-state index contributed by atoms with van der Waals surface area (Å²) in [5.41, 5.74) is 2.57. The molecular formula is C22H17ClN2O2S. The van der Waals surface area contributed by atoms with Crippen LogP contribution < -0.4 is 10.1 Å². The Hall–Kier alpha value is -2.76. The summed E-state index contributed by atoms with van der Waals surface area (Å²) in [4.78, 5) is 17.6. The molecule has 0 bridgehead atoms. The van der Waals surface area contributed by atoms with Crippen LogP contribution in [-0.2, 0) is 4.79 Å². The second kappa shape index (κ2) is 7.70. The molecule has 6 heteroatoms. The van der Waals surface area contributed by atoms with Gasteiger partial charge in [-0.1, -0.05) is 48.0 Å². The number of nitrogens with zero attached hydrogens (tertiary/aromatic N) is 1. The molecule has 0 radical (unpaired) electrons. The SMILES string of the molecule is COc1ccc(/C=C2\SC(=Nc3cccc(Cl)c3C)NC2=O)c2ccccc12. The number of amidine groups is 1. The molecule has 1 amide bonds. The Morgan fingerprint density at radius 1 is 1.07 bits per heavy atom. The summed E-state index contributed by atoms with van der Waals surface area (Å²) in [6.45, 7) is 1.91. The van der Waals surface area contributed by atoms with Crippen LogP contribution in [0.25, 0.3) is 16.8 Å². The number of benzene rings is 3. The number of hydrogen-bond acceptors (Lipinski definition) is 4. The number of halogens is 1. The molecule has 140 valence electrons. The zero-order chi connectivity index (χ0) is 19.7. The Labute approximate surface area is 172 Å². The predicted molar refractivity (Wildman–Crippen MR) is 117 cm³/mol. The molecule has 1 heterocycles. The molecule has 0 saturated carbocycles. The highest BCUT2D eigenvalue weighted by Crippen LogP contribution is 2.34. The lowest BCUT2D eigenvalue weighted by Crippen LogP contribution is -2.19. The van der Waals surface area contributed by atoms with Crippen LogP contribution >= 0.6 is 23.4 Å². The number of fused-ring (bicyclic) bond motifs is 1. The molecule has 1 saturated heterocycles. The second-order valence-corrected chi connectivity index (χ2v) is 7.71. The van der Waals surface area contributed by atoms with Crippen molar-refractivity contribution >= 4 is 57.0 Å². The van der Waals surface area contributed by atoms with Crippen LogP contribution in [0, 0.1) is 6.92 Å². The van der Waals surface area contributed by atoms with Crippen molar-refractivity contribution in [1.82, 2.24) is 5.32 Å². The van der Waals surface area contributed by atoms with Crippen LogP contribution in [0.3, 0.4) is 0 Å². The van der Waals surface area contributed by atoms with E-state index < -0.39 is 0 Å². The van der Waals surface area contributed by atoms with Gasteiger partial charge in [-0.2, -0.15) is 0 Å². The van der Waals surface area contributed by atoms with E-state index >= 15 is 0 Å². The van der Waals surface area contributed by atoms with Gasteiger partial charge in [0, 0.05) is 10.4 Å². The van der Waals surface area contributed by atoms with Gasteiger partial charge in [0.05, 0.1) is 17.7 Å². The molecule has 3 aromatic rings. The van der Waals surface area contributed by atoms with Crippen LogP contribution in [0.1, 0.15) is 11.1 Å². The van der Waals surface area contributed by atoms with Gasteiger partial charge in [-0.05, 0) is 59.5 Å². The van der Waals surface area contributed by atoms with E-state index in [1.54, 1.807) is 7.11 Å². The van der Waals surface area contributed by atoms with Gasteiger partial charge >= 0.3 is 0 Å². The average molecular weight is 409 g/mol. The number of ether oxygens (including phenoxy) is 1. The minimum Gasteiger partial charge on any atom is -0.496 e. The minimum absolute atomic E-state index is 0.164. The zero-order valence-corrected chi connectivity index (χ0v) is 16.9. The third-order valence-corrected chi connectivity index (χ3v) is 5.86. The van der Waals surface area contributed by atoms with E-state index in [2.05, 4.69) is 10.3 Å². The Morgan fingerprint density at radius 2 is 1.86 bits per heavy atom. The Bertz CT molecular complexity index is 1150. The summed E-state index contributed by atoms with van der Waals surface area (Å²) < 4.78 is 5.44. The van der Waals surface area contributed by atoms with Gasteiger partial charge in [0.1, 0.15) is 5.75 Å². The number of carbonyl (C=O) groups excluding carboxylic acids is 1. The molecule has 1 aliphatic heterocycles. The number of rotatable bonds is 3. The number of thioether (sulfide) groups is 1. The minimum atomic E-state index is -0.164. The van der Waals surface area contributed by atoms with E-state index in [-0.39, 0.29) is 5.91 Å². The molecule has 0 aromatic heterocycles. The molecule has 0 aliphatic carbocycles. The number of nitrogens with one attached hydrogen (secondary N) is 1. The van der Waals surface area contributed by atoms with E-state index in [0.717, 1.165) is 33.3 Å². The van der Waals surface area contributed by atoms with Crippen molar-refractivity contribution in [1.29, 1.82) is 0 Å². The summed E-state index contributed by atoms with van der Waals surface area (Å²) in [5, 5.41) is 6.05.